The number of benzene rings is 2. The van der Waals surface area contributed by atoms with E-state index in [0.29, 0.717) is 35.1 Å². The quantitative estimate of drug-likeness (QED) is 0.547. The molecule has 0 bridgehead atoms. The number of nitrogens with zero attached hydrogens (tertiary/aromatic N) is 4. The Labute approximate surface area is 178 Å². The number of rotatable bonds is 3. The van der Waals surface area contributed by atoms with E-state index in [1.54, 1.807) is 6.20 Å². The van der Waals surface area contributed by atoms with Crippen molar-refractivity contribution in [2.24, 2.45) is 5.73 Å². The lowest BCUT2D eigenvalue weighted by Gasteiger charge is -2.29. The van der Waals surface area contributed by atoms with Crippen LogP contribution in [-0.2, 0) is 4.74 Å². The summed E-state index contributed by atoms with van der Waals surface area (Å²) in [5.74, 6) is 0.204. The van der Waals surface area contributed by atoms with E-state index in [2.05, 4.69) is 14.9 Å². The molecule has 1 fully saturated rings. The second-order valence-electron chi connectivity index (χ2n) is 7.29. The van der Waals surface area contributed by atoms with Crippen molar-refractivity contribution in [1.29, 1.82) is 0 Å². The highest BCUT2D eigenvalue weighted by atomic mass is 35.5. The highest BCUT2D eigenvalue weighted by Gasteiger charge is 2.22. The molecule has 0 aliphatic carbocycles. The van der Waals surface area contributed by atoms with Crippen LogP contribution >= 0.6 is 11.6 Å². The third-order valence-corrected chi connectivity index (χ3v) is 5.76. The molecule has 0 saturated carbocycles. The van der Waals surface area contributed by atoms with Crippen LogP contribution in [0.2, 0.25) is 5.02 Å². The van der Waals surface area contributed by atoms with Crippen molar-refractivity contribution >= 4 is 45.1 Å². The first-order chi connectivity index (χ1) is 14.5. The summed E-state index contributed by atoms with van der Waals surface area (Å²) < 4.78 is 7.46. The number of para-hydroxylation sites is 1. The summed E-state index contributed by atoms with van der Waals surface area (Å²) in [6.07, 6.45) is 1.64. The number of primary amides is 1. The molecule has 5 rings (SSSR count). The lowest BCUT2D eigenvalue weighted by atomic mass is 10.1. The highest BCUT2D eigenvalue weighted by Crippen LogP contribution is 2.35. The van der Waals surface area contributed by atoms with Crippen molar-refractivity contribution in [2.75, 3.05) is 31.2 Å². The third-order valence-electron chi connectivity index (χ3n) is 5.48. The van der Waals surface area contributed by atoms with Gasteiger partial charge in [0.05, 0.1) is 40.5 Å². The molecule has 2 N–H and O–H groups in total. The monoisotopic (exact) mass is 421 g/mol. The number of nitrogens with two attached hydrogens (primary N) is 1. The number of anilines is 1. The van der Waals surface area contributed by atoms with E-state index in [1.165, 1.54) is 0 Å². The smallest absolute Gasteiger partial charge is 0.251 e. The van der Waals surface area contributed by atoms with Crippen LogP contribution in [0, 0.1) is 6.92 Å². The first-order valence-corrected chi connectivity index (χ1v) is 10.1. The number of carbonyl (C=O) groups is 1. The molecule has 2 aromatic heterocycles. The normalized spacial score (nSPS) is 14.5. The molecule has 0 atom stereocenters. The molecule has 152 valence electrons. The van der Waals surface area contributed by atoms with Crippen molar-refractivity contribution < 1.29 is 9.53 Å². The van der Waals surface area contributed by atoms with Crippen LogP contribution in [0.1, 0.15) is 16.2 Å². The number of fused-ring (bicyclic) bond motifs is 2. The molecule has 7 nitrogen and oxygen atoms in total. The molecule has 30 heavy (non-hydrogen) atoms. The molecule has 8 heteroatoms. The standard InChI is InChI=1S/C22H20ClN5O2/c1-13-26-20-16(22(24)29)10-14(27-6-8-30-9-7-27)11-19(20)28(13)21-15-4-2-3-5-18(15)25-12-17(21)23/h2-5,10-12H,6-9H2,1H3,(H2,24,29). The largest absolute Gasteiger partial charge is 0.378 e. The second kappa shape index (κ2) is 7.27. The Morgan fingerprint density at radius 1 is 1.20 bits per heavy atom. The van der Waals surface area contributed by atoms with Crippen LogP contribution in [0.4, 0.5) is 5.69 Å². The van der Waals surface area contributed by atoms with Crippen LogP contribution in [0.15, 0.2) is 42.6 Å². The highest BCUT2D eigenvalue weighted by molar-refractivity contribution is 6.33. The van der Waals surface area contributed by atoms with Gasteiger partial charge < -0.3 is 15.4 Å². The Balaban J connectivity index is 1.84. The molecular weight excluding hydrogens is 402 g/mol. The van der Waals surface area contributed by atoms with E-state index in [4.69, 9.17) is 22.1 Å². The van der Waals surface area contributed by atoms with Crippen molar-refractivity contribution in [1.82, 2.24) is 14.5 Å². The lowest BCUT2D eigenvalue weighted by molar-refractivity contribution is 0.100. The summed E-state index contributed by atoms with van der Waals surface area (Å²) in [5.41, 5.74) is 10.0. The molecule has 3 heterocycles. The zero-order valence-electron chi connectivity index (χ0n) is 16.4. The summed E-state index contributed by atoms with van der Waals surface area (Å²) >= 11 is 6.63. The van der Waals surface area contributed by atoms with E-state index in [0.717, 1.165) is 40.9 Å². The van der Waals surface area contributed by atoms with E-state index >= 15 is 0 Å². The van der Waals surface area contributed by atoms with Gasteiger partial charge in [-0.2, -0.15) is 0 Å². The molecule has 0 spiro atoms. The fourth-order valence-electron chi connectivity index (χ4n) is 4.08. The Morgan fingerprint density at radius 3 is 2.73 bits per heavy atom. The number of aromatic nitrogens is 3. The maximum Gasteiger partial charge on any atom is 0.251 e. The van der Waals surface area contributed by atoms with E-state index in [1.807, 2.05) is 47.9 Å². The first kappa shape index (κ1) is 18.8. The Bertz CT molecular complexity index is 1290. The molecule has 1 aliphatic heterocycles. The predicted molar refractivity (Wildman–Crippen MR) is 118 cm³/mol. The molecule has 0 unspecified atom stereocenters. The van der Waals surface area contributed by atoms with Gasteiger partial charge in [0.2, 0.25) is 0 Å². The number of hydrogen-bond acceptors (Lipinski definition) is 5. The van der Waals surface area contributed by atoms with Crippen LogP contribution in [-0.4, -0.2) is 46.7 Å². The number of aryl methyl sites for hydroxylation is 1. The van der Waals surface area contributed by atoms with Crippen molar-refractivity contribution in [3.63, 3.8) is 0 Å². The summed E-state index contributed by atoms with van der Waals surface area (Å²) in [5, 5.41) is 1.42. The maximum atomic E-state index is 12.3. The van der Waals surface area contributed by atoms with Gasteiger partial charge >= 0.3 is 0 Å². The van der Waals surface area contributed by atoms with Crippen LogP contribution < -0.4 is 10.6 Å². The average molecular weight is 422 g/mol. The molecule has 4 aromatic rings. The molecule has 1 amide bonds. The zero-order chi connectivity index (χ0) is 20.8. The van der Waals surface area contributed by atoms with Crippen molar-refractivity contribution in [3.8, 4) is 5.69 Å². The minimum Gasteiger partial charge on any atom is -0.378 e. The first-order valence-electron chi connectivity index (χ1n) is 9.74. The van der Waals surface area contributed by atoms with Gasteiger partial charge in [0.15, 0.2) is 0 Å². The maximum absolute atomic E-state index is 12.3. The topological polar surface area (TPSA) is 86.3 Å². The fraction of sp³-hybridized carbons (Fsp3) is 0.227. The summed E-state index contributed by atoms with van der Waals surface area (Å²) in [6, 6.07) is 11.7. The number of amides is 1. The van der Waals surface area contributed by atoms with E-state index in [9.17, 15) is 4.79 Å². The van der Waals surface area contributed by atoms with Crippen LogP contribution in [0.3, 0.4) is 0 Å². The van der Waals surface area contributed by atoms with Crippen molar-refractivity contribution in [3.05, 3.63) is 59.0 Å². The molecule has 2 aromatic carbocycles. The summed E-state index contributed by atoms with van der Waals surface area (Å²) in [4.78, 5) is 23.6. The predicted octanol–water partition coefficient (Wildman–Crippen LogP) is 3.47. The lowest BCUT2D eigenvalue weighted by Crippen LogP contribution is -2.36. The van der Waals surface area contributed by atoms with Gasteiger partial charge in [0.1, 0.15) is 11.3 Å². The van der Waals surface area contributed by atoms with Gasteiger partial charge in [0.25, 0.3) is 5.91 Å². The van der Waals surface area contributed by atoms with E-state index < -0.39 is 5.91 Å². The van der Waals surface area contributed by atoms with Gasteiger partial charge in [-0.1, -0.05) is 29.8 Å². The Hall–Kier alpha value is -3.16. The molecule has 1 saturated heterocycles. The number of imidazole rings is 1. The van der Waals surface area contributed by atoms with Gasteiger partial charge in [-0.3, -0.25) is 14.3 Å². The third kappa shape index (κ3) is 2.98. The molecule has 1 aliphatic rings. The Kier molecular flexibility index (Phi) is 4.56. The van der Waals surface area contributed by atoms with E-state index in [-0.39, 0.29) is 0 Å². The SMILES string of the molecule is Cc1nc2c(C(N)=O)cc(N3CCOCC3)cc2n1-c1c(Cl)cnc2ccccc12. The van der Waals surface area contributed by atoms with Crippen LogP contribution in [0.25, 0.3) is 27.6 Å². The molecule has 0 radical (unpaired) electrons. The number of pyridine rings is 1. The second-order valence-corrected chi connectivity index (χ2v) is 7.70. The minimum absolute atomic E-state index is 0.394. The van der Waals surface area contributed by atoms with Gasteiger partial charge in [-0.05, 0) is 25.1 Å². The minimum atomic E-state index is -0.509. The van der Waals surface area contributed by atoms with Crippen LogP contribution in [0.5, 0.6) is 0 Å². The zero-order valence-corrected chi connectivity index (χ0v) is 17.2. The van der Waals surface area contributed by atoms with Gasteiger partial charge in [0, 0.05) is 30.4 Å². The van der Waals surface area contributed by atoms with Gasteiger partial charge in [-0.25, -0.2) is 4.98 Å². The number of halogens is 1. The van der Waals surface area contributed by atoms with Gasteiger partial charge in [-0.15, -0.1) is 0 Å². The fourth-order valence-corrected chi connectivity index (χ4v) is 4.32. The number of carbonyl (C=O) groups excluding carboxylic acids is 1. The summed E-state index contributed by atoms with van der Waals surface area (Å²) in [7, 11) is 0. The average Bonchev–Trinajstić information content (AvgIpc) is 3.09. The Morgan fingerprint density at radius 2 is 1.97 bits per heavy atom. The number of hydrogen-bond donors (Lipinski definition) is 1. The number of ether oxygens (including phenoxy) is 1. The van der Waals surface area contributed by atoms with Crippen molar-refractivity contribution in [2.45, 2.75) is 6.92 Å². The molecular formula is C22H20ClN5O2. The number of morpholine rings is 1. The summed E-state index contributed by atoms with van der Waals surface area (Å²) in [6.45, 7) is 4.67.